The predicted molar refractivity (Wildman–Crippen MR) is 116 cm³/mol. The molecular weight excluding hydrogens is 408 g/mol. The minimum atomic E-state index is -2.89. The lowest BCUT2D eigenvalue weighted by atomic mass is 10.1. The van der Waals surface area contributed by atoms with Gasteiger partial charge in [-0.1, -0.05) is 17.7 Å². The van der Waals surface area contributed by atoms with E-state index in [9.17, 15) is 8.78 Å². The van der Waals surface area contributed by atoms with Crippen molar-refractivity contribution in [2.24, 2.45) is 4.99 Å². The maximum absolute atomic E-state index is 12.7. The van der Waals surface area contributed by atoms with Gasteiger partial charge in [0.25, 0.3) is 0 Å². The second-order valence-corrected chi connectivity index (χ2v) is 6.57. The first kappa shape index (κ1) is 24.0. The van der Waals surface area contributed by atoms with Crippen LogP contribution in [0, 0.1) is 6.92 Å². The lowest BCUT2D eigenvalue weighted by Crippen LogP contribution is -2.36. The van der Waals surface area contributed by atoms with Gasteiger partial charge in [0.05, 0.1) is 27.9 Å². The molecule has 31 heavy (non-hydrogen) atoms. The van der Waals surface area contributed by atoms with Crippen LogP contribution in [0.1, 0.15) is 23.6 Å². The Morgan fingerprint density at radius 2 is 1.65 bits per heavy atom. The topological polar surface area (TPSA) is 73.3 Å². The summed E-state index contributed by atoms with van der Waals surface area (Å²) in [6.07, 6.45) is 0. The van der Waals surface area contributed by atoms with Gasteiger partial charge >= 0.3 is 6.61 Å². The predicted octanol–water partition coefficient (Wildman–Crippen LogP) is 3.88. The summed E-state index contributed by atoms with van der Waals surface area (Å²) in [5, 5.41) is 6.30. The maximum atomic E-state index is 12.7. The summed E-state index contributed by atoms with van der Waals surface area (Å²) in [6, 6.07) is 8.71. The van der Waals surface area contributed by atoms with E-state index >= 15 is 0 Å². The van der Waals surface area contributed by atoms with Crippen LogP contribution in [0.25, 0.3) is 0 Å². The molecule has 0 saturated heterocycles. The highest BCUT2D eigenvalue weighted by molar-refractivity contribution is 5.79. The van der Waals surface area contributed by atoms with E-state index in [0.717, 1.165) is 11.1 Å². The summed E-state index contributed by atoms with van der Waals surface area (Å²) in [4.78, 5) is 4.57. The third-order valence-electron chi connectivity index (χ3n) is 4.37. The SMILES string of the molecule is CCNC(=NCc1cc(OC)c(OC)c(OC)c1)NCc1cc(C)ccc1OC(F)F. The molecule has 0 atom stereocenters. The second-order valence-electron chi connectivity index (χ2n) is 6.57. The highest BCUT2D eigenvalue weighted by Crippen LogP contribution is 2.38. The summed E-state index contributed by atoms with van der Waals surface area (Å²) in [5.41, 5.74) is 2.40. The van der Waals surface area contributed by atoms with Crippen LogP contribution in [0.15, 0.2) is 35.3 Å². The molecule has 0 spiro atoms. The van der Waals surface area contributed by atoms with E-state index in [1.165, 1.54) is 0 Å². The molecule has 0 bridgehead atoms. The highest BCUT2D eigenvalue weighted by atomic mass is 19.3. The number of guanidine groups is 1. The van der Waals surface area contributed by atoms with Gasteiger partial charge in [0.2, 0.25) is 5.75 Å². The number of benzene rings is 2. The molecule has 0 fully saturated rings. The van der Waals surface area contributed by atoms with Crippen molar-refractivity contribution in [3.63, 3.8) is 0 Å². The number of hydrogen-bond acceptors (Lipinski definition) is 5. The van der Waals surface area contributed by atoms with Crippen molar-refractivity contribution in [1.82, 2.24) is 10.6 Å². The Morgan fingerprint density at radius 1 is 0.968 bits per heavy atom. The van der Waals surface area contributed by atoms with Crippen molar-refractivity contribution in [1.29, 1.82) is 0 Å². The number of alkyl halides is 2. The van der Waals surface area contributed by atoms with E-state index in [-0.39, 0.29) is 12.3 Å². The van der Waals surface area contributed by atoms with Crippen molar-refractivity contribution in [2.75, 3.05) is 27.9 Å². The summed E-state index contributed by atoms with van der Waals surface area (Å²) in [5.74, 6) is 2.25. The average molecular weight is 437 g/mol. The molecule has 2 aromatic rings. The van der Waals surface area contributed by atoms with E-state index in [1.807, 2.05) is 26.0 Å². The van der Waals surface area contributed by atoms with Crippen molar-refractivity contribution in [3.05, 3.63) is 47.0 Å². The summed E-state index contributed by atoms with van der Waals surface area (Å²) in [6.45, 7) is 2.18. The van der Waals surface area contributed by atoms with E-state index in [4.69, 9.17) is 14.2 Å². The number of aryl methyl sites for hydroxylation is 1. The van der Waals surface area contributed by atoms with Gasteiger partial charge in [0, 0.05) is 18.7 Å². The van der Waals surface area contributed by atoms with Gasteiger partial charge in [-0.15, -0.1) is 0 Å². The Labute approximate surface area is 181 Å². The minimum absolute atomic E-state index is 0.133. The number of methoxy groups -OCH3 is 3. The van der Waals surface area contributed by atoms with Gasteiger partial charge in [-0.25, -0.2) is 4.99 Å². The zero-order valence-corrected chi connectivity index (χ0v) is 18.4. The van der Waals surface area contributed by atoms with Crippen LogP contribution in [0.4, 0.5) is 8.78 Å². The molecular formula is C22H29F2N3O4. The largest absolute Gasteiger partial charge is 0.493 e. The summed E-state index contributed by atoms with van der Waals surface area (Å²) >= 11 is 0. The fraction of sp³-hybridized carbons (Fsp3) is 0.409. The fourth-order valence-corrected chi connectivity index (χ4v) is 2.98. The van der Waals surface area contributed by atoms with Crippen molar-refractivity contribution >= 4 is 5.96 Å². The molecule has 2 N–H and O–H groups in total. The highest BCUT2D eigenvalue weighted by Gasteiger charge is 2.14. The van der Waals surface area contributed by atoms with E-state index < -0.39 is 6.61 Å². The van der Waals surface area contributed by atoms with E-state index in [1.54, 1.807) is 39.5 Å². The molecule has 7 nitrogen and oxygen atoms in total. The van der Waals surface area contributed by atoms with Crippen LogP contribution in [0.3, 0.4) is 0 Å². The van der Waals surface area contributed by atoms with E-state index in [2.05, 4.69) is 20.4 Å². The third kappa shape index (κ3) is 6.91. The molecule has 0 amide bonds. The Balaban J connectivity index is 2.19. The van der Waals surface area contributed by atoms with Gasteiger partial charge in [-0.2, -0.15) is 8.78 Å². The molecule has 0 unspecified atom stereocenters. The minimum Gasteiger partial charge on any atom is -0.493 e. The molecule has 9 heteroatoms. The Morgan fingerprint density at radius 3 is 2.19 bits per heavy atom. The van der Waals surface area contributed by atoms with Gasteiger partial charge in [-0.3, -0.25) is 0 Å². The number of aliphatic imine (C=N–C) groups is 1. The maximum Gasteiger partial charge on any atom is 0.387 e. The number of nitrogens with one attached hydrogen (secondary N) is 2. The monoisotopic (exact) mass is 437 g/mol. The number of halogens is 2. The van der Waals surface area contributed by atoms with Gasteiger partial charge in [-0.05, 0) is 37.6 Å². The molecule has 0 aliphatic rings. The van der Waals surface area contributed by atoms with Crippen molar-refractivity contribution in [2.45, 2.75) is 33.5 Å². The molecule has 2 rings (SSSR count). The Kier molecular flexibility index (Phi) is 9.17. The lowest BCUT2D eigenvalue weighted by Gasteiger charge is -2.16. The van der Waals surface area contributed by atoms with Crippen LogP contribution in [-0.2, 0) is 13.1 Å². The third-order valence-corrected chi connectivity index (χ3v) is 4.37. The van der Waals surface area contributed by atoms with Gasteiger partial charge < -0.3 is 29.6 Å². The zero-order valence-electron chi connectivity index (χ0n) is 18.4. The summed E-state index contributed by atoms with van der Waals surface area (Å²) < 4.78 is 46.1. The lowest BCUT2D eigenvalue weighted by molar-refractivity contribution is -0.0504. The molecule has 0 aliphatic heterocycles. The normalized spacial score (nSPS) is 11.3. The number of hydrogen-bond donors (Lipinski definition) is 2. The van der Waals surface area contributed by atoms with Crippen molar-refractivity contribution in [3.8, 4) is 23.0 Å². The quantitative estimate of drug-likeness (QED) is 0.434. The molecule has 0 aromatic heterocycles. The molecule has 170 valence electrons. The first-order valence-electron chi connectivity index (χ1n) is 9.77. The molecule has 0 radical (unpaired) electrons. The zero-order chi connectivity index (χ0) is 22.8. The van der Waals surface area contributed by atoms with Crippen molar-refractivity contribution < 1.29 is 27.7 Å². The molecule has 0 saturated carbocycles. The van der Waals surface area contributed by atoms with Crippen LogP contribution in [0.5, 0.6) is 23.0 Å². The average Bonchev–Trinajstić information content (AvgIpc) is 2.76. The van der Waals surface area contributed by atoms with E-state index in [0.29, 0.717) is 41.9 Å². The molecule has 0 heterocycles. The van der Waals surface area contributed by atoms with Gasteiger partial charge in [0.1, 0.15) is 5.75 Å². The van der Waals surface area contributed by atoms with Crippen LogP contribution in [0.2, 0.25) is 0 Å². The number of rotatable bonds is 10. The van der Waals surface area contributed by atoms with Crippen LogP contribution < -0.4 is 29.6 Å². The van der Waals surface area contributed by atoms with Crippen LogP contribution in [-0.4, -0.2) is 40.4 Å². The Hall–Kier alpha value is -3.23. The first-order chi connectivity index (χ1) is 14.9. The summed E-state index contributed by atoms with van der Waals surface area (Å²) in [7, 11) is 4.65. The molecule has 2 aromatic carbocycles. The van der Waals surface area contributed by atoms with Crippen LogP contribution >= 0.6 is 0 Å². The fourth-order valence-electron chi connectivity index (χ4n) is 2.98. The standard InChI is InChI=1S/C22H29F2N3O4/c1-6-25-22(27-13-16-9-14(2)7-8-17(16)31-21(23)24)26-12-15-10-18(28-3)20(30-5)19(11-15)29-4/h7-11,21H,6,12-13H2,1-5H3,(H2,25,26,27). The molecule has 0 aliphatic carbocycles. The smallest absolute Gasteiger partial charge is 0.387 e. The second kappa shape index (κ2) is 11.8. The van der Waals surface area contributed by atoms with Gasteiger partial charge in [0.15, 0.2) is 17.5 Å². The first-order valence-corrected chi connectivity index (χ1v) is 9.77. The number of ether oxygens (including phenoxy) is 4. The number of nitrogens with zero attached hydrogens (tertiary/aromatic N) is 1. The Bertz CT molecular complexity index is 866.